The number of halogens is 1. The van der Waals surface area contributed by atoms with Gasteiger partial charge in [-0.2, -0.15) is 0 Å². The third-order valence-corrected chi connectivity index (χ3v) is 4.20. The van der Waals surface area contributed by atoms with Gasteiger partial charge in [-0.25, -0.2) is 4.79 Å². The van der Waals surface area contributed by atoms with Crippen molar-refractivity contribution in [2.24, 2.45) is 0 Å². The predicted molar refractivity (Wildman–Crippen MR) is 92.5 cm³/mol. The molecule has 23 heavy (non-hydrogen) atoms. The molecule has 0 fully saturated rings. The molecule has 4 nitrogen and oxygen atoms in total. The number of hydrogen-bond donors (Lipinski definition) is 1. The molecule has 0 aliphatic carbocycles. The summed E-state index contributed by atoms with van der Waals surface area (Å²) in [6.07, 6.45) is 3.57. The molecule has 2 rings (SSSR count). The number of ether oxygens (including phenoxy) is 1. The van der Waals surface area contributed by atoms with Crippen LogP contribution >= 0.6 is 22.9 Å². The molecule has 0 radical (unpaired) electrons. The van der Waals surface area contributed by atoms with Crippen LogP contribution in [-0.2, 0) is 20.7 Å². The fraction of sp³-hybridized carbons (Fsp3) is 0.176. The maximum absolute atomic E-state index is 11.6. The lowest BCUT2D eigenvalue weighted by Crippen LogP contribution is -2.30. The highest BCUT2D eigenvalue weighted by molar-refractivity contribution is 7.09. The highest BCUT2D eigenvalue weighted by Crippen LogP contribution is 2.16. The summed E-state index contributed by atoms with van der Waals surface area (Å²) in [4.78, 5) is 24.3. The van der Waals surface area contributed by atoms with E-state index in [1.807, 2.05) is 23.6 Å². The molecule has 2 aromatic rings. The molecule has 0 atom stereocenters. The van der Waals surface area contributed by atoms with E-state index in [1.54, 1.807) is 35.6 Å². The highest BCUT2D eigenvalue weighted by atomic mass is 35.5. The Kier molecular flexibility index (Phi) is 6.84. The van der Waals surface area contributed by atoms with Gasteiger partial charge < -0.3 is 10.1 Å². The topological polar surface area (TPSA) is 55.4 Å². The Bertz CT molecular complexity index is 683. The summed E-state index contributed by atoms with van der Waals surface area (Å²) >= 11 is 7.61. The van der Waals surface area contributed by atoms with Crippen molar-refractivity contribution in [3.63, 3.8) is 0 Å². The van der Waals surface area contributed by atoms with E-state index in [0.29, 0.717) is 17.1 Å². The van der Waals surface area contributed by atoms with Crippen molar-refractivity contribution in [1.29, 1.82) is 0 Å². The summed E-state index contributed by atoms with van der Waals surface area (Å²) in [7, 11) is 0. The van der Waals surface area contributed by atoms with Gasteiger partial charge in [-0.3, -0.25) is 4.79 Å². The zero-order chi connectivity index (χ0) is 16.5. The maximum Gasteiger partial charge on any atom is 0.331 e. The average molecular weight is 350 g/mol. The molecule has 1 amide bonds. The van der Waals surface area contributed by atoms with Gasteiger partial charge in [0.1, 0.15) is 0 Å². The predicted octanol–water partition coefficient (Wildman–Crippen LogP) is 3.32. The van der Waals surface area contributed by atoms with Gasteiger partial charge in [0.2, 0.25) is 0 Å². The first kappa shape index (κ1) is 17.2. The number of carbonyl (C=O) groups excluding carboxylic acids is 2. The van der Waals surface area contributed by atoms with Crippen molar-refractivity contribution in [2.45, 2.75) is 6.42 Å². The summed E-state index contributed by atoms with van der Waals surface area (Å²) in [5, 5.41) is 5.24. The zero-order valence-corrected chi connectivity index (χ0v) is 13.9. The van der Waals surface area contributed by atoms with Crippen molar-refractivity contribution < 1.29 is 14.3 Å². The van der Waals surface area contributed by atoms with E-state index in [0.717, 1.165) is 6.42 Å². The van der Waals surface area contributed by atoms with E-state index in [4.69, 9.17) is 16.3 Å². The number of thiophene rings is 1. The third kappa shape index (κ3) is 6.26. The molecular weight excluding hydrogens is 334 g/mol. The second kappa shape index (κ2) is 9.12. The molecule has 0 aliphatic rings. The Hall–Kier alpha value is -2.11. The number of hydrogen-bond acceptors (Lipinski definition) is 4. The number of amides is 1. The lowest BCUT2D eigenvalue weighted by atomic mass is 10.2. The fourth-order valence-electron chi connectivity index (χ4n) is 1.78. The molecule has 6 heteroatoms. The molecule has 0 aliphatic heterocycles. The number of rotatable bonds is 7. The minimum Gasteiger partial charge on any atom is -0.452 e. The minimum atomic E-state index is -0.585. The van der Waals surface area contributed by atoms with Crippen LogP contribution in [0.3, 0.4) is 0 Å². The molecule has 0 unspecified atom stereocenters. The van der Waals surface area contributed by atoms with E-state index < -0.39 is 5.97 Å². The quantitative estimate of drug-likeness (QED) is 0.616. The highest BCUT2D eigenvalue weighted by Gasteiger charge is 2.05. The smallest absolute Gasteiger partial charge is 0.331 e. The Morgan fingerprint density at radius 2 is 2.04 bits per heavy atom. The first-order chi connectivity index (χ1) is 11.1. The third-order valence-electron chi connectivity index (χ3n) is 2.92. The van der Waals surface area contributed by atoms with E-state index in [-0.39, 0.29) is 12.5 Å². The summed E-state index contributed by atoms with van der Waals surface area (Å²) in [6, 6.07) is 11.1. The molecule has 0 bridgehead atoms. The van der Waals surface area contributed by atoms with Crippen LogP contribution in [0.15, 0.2) is 47.9 Å². The van der Waals surface area contributed by atoms with Crippen LogP contribution in [0.5, 0.6) is 0 Å². The lowest BCUT2D eigenvalue weighted by molar-refractivity contribution is -0.143. The van der Waals surface area contributed by atoms with Crippen LogP contribution in [-0.4, -0.2) is 25.0 Å². The molecule has 0 saturated heterocycles. The number of esters is 1. The van der Waals surface area contributed by atoms with E-state index in [1.165, 1.54) is 11.0 Å². The molecular formula is C17H16ClNO3S. The van der Waals surface area contributed by atoms with Crippen LogP contribution in [0.4, 0.5) is 0 Å². The first-order valence-corrected chi connectivity index (χ1v) is 8.29. The molecule has 1 aromatic carbocycles. The largest absolute Gasteiger partial charge is 0.452 e. The van der Waals surface area contributed by atoms with Crippen LogP contribution in [0.1, 0.15) is 10.4 Å². The normalized spacial score (nSPS) is 10.7. The van der Waals surface area contributed by atoms with Gasteiger partial charge in [-0.15, -0.1) is 11.3 Å². The van der Waals surface area contributed by atoms with Gasteiger partial charge >= 0.3 is 5.97 Å². The molecule has 1 N–H and O–H groups in total. The van der Waals surface area contributed by atoms with Crippen molar-refractivity contribution in [2.75, 3.05) is 13.2 Å². The van der Waals surface area contributed by atoms with E-state index in [9.17, 15) is 9.59 Å². The standard InChI is InChI=1S/C17H16ClNO3S/c18-15-6-2-1-4-13(15)7-8-17(21)22-12-16(20)19-10-9-14-5-3-11-23-14/h1-8,11H,9-10,12H2,(H,19,20)/b8-7+. The zero-order valence-electron chi connectivity index (χ0n) is 12.3. The van der Waals surface area contributed by atoms with E-state index >= 15 is 0 Å². The molecule has 1 heterocycles. The SMILES string of the molecule is O=C(COC(=O)/C=C/c1ccccc1Cl)NCCc1cccs1. The van der Waals surface area contributed by atoms with Gasteiger partial charge in [0.25, 0.3) is 5.91 Å². The summed E-state index contributed by atoms with van der Waals surface area (Å²) in [6.45, 7) is 0.225. The lowest BCUT2D eigenvalue weighted by Gasteiger charge is -2.04. The van der Waals surface area contributed by atoms with E-state index in [2.05, 4.69) is 5.32 Å². The van der Waals surface area contributed by atoms with Gasteiger partial charge in [0, 0.05) is 22.5 Å². The van der Waals surface area contributed by atoms with Gasteiger partial charge in [0.05, 0.1) is 0 Å². The van der Waals surface area contributed by atoms with Gasteiger partial charge in [-0.05, 0) is 35.6 Å². The van der Waals surface area contributed by atoms with Crippen LogP contribution in [0.2, 0.25) is 5.02 Å². The Balaban J connectivity index is 1.67. The second-order valence-corrected chi connectivity index (χ2v) is 6.08. The maximum atomic E-state index is 11.6. The Morgan fingerprint density at radius 1 is 1.22 bits per heavy atom. The van der Waals surface area contributed by atoms with Gasteiger partial charge in [0.15, 0.2) is 6.61 Å². The number of carbonyl (C=O) groups is 2. The monoisotopic (exact) mass is 349 g/mol. The molecule has 1 aromatic heterocycles. The number of nitrogens with one attached hydrogen (secondary N) is 1. The molecule has 120 valence electrons. The van der Waals surface area contributed by atoms with Crippen molar-refractivity contribution in [1.82, 2.24) is 5.32 Å². The molecule has 0 spiro atoms. The van der Waals surface area contributed by atoms with Crippen LogP contribution in [0.25, 0.3) is 6.08 Å². The van der Waals surface area contributed by atoms with Crippen molar-refractivity contribution in [3.05, 3.63) is 63.3 Å². The Morgan fingerprint density at radius 3 is 2.78 bits per heavy atom. The first-order valence-electron chi connectivity index (χ1n) is 7.03. The van der Waals surface area contributed by atoms with Crippen molar-refractivity contribution in [3.8, 4) is 0 Å². The summed E-state index contributed by atoms with van der Waals surface area (Å²) in [5.74, 6) is -0.903. The molecule has 0 saturated carbocycles. The minimum absolute atomic E-state index is 0.296. The summed E-state index contributed by atoms with van der Waals surface area (Å²) in [5.41, 5.74) is 0.714. The van der Waals surface area contributed by atoms with Crippen LogP contribution in [0, 0.1) is 0 Å². The van der Waals surface area contributed by atoms with Crippen molar-refractivity contribution >= 4 is 40.9 Å². The summed E-state index contributed by atoms with van der Waals surface area (Å²) < 4.78 is 4.87. The van der Waals surface area contributed by atoms with Crippen LogP contribution < -0.4 is 5.32 Å². The second-order valence-electron chi connectivity index (χ2n) is 4.64. The number of benzene rings is 1. The van der Waals surface area contributed by atoms with Gasteiger partial charge in [-0.1, -0.05) is 35.9 Å². The fourth-order valence-corrected chi connectivity index (χ4v) is 2.69. The Labute approximate surface area is 143 Å². The average Bonchev–Trinajstić information content (AvgIpc) is 3.05.